The second kappa shape index (κ2) is 8.88. The molecule has 0 spiro atoms. The molecule has 0 amide bonds. The molecule has 0 aliphatic carbocycles. The molecular formula is C19H23FN2O5S2. The normalized spacial score (nSPS) is 17.2. The Kier molecular flexibility index (Phi) is 6.69. The minimum atomic E-state index is -4.09. The molecule has 2 aromatic rings. The van der Waals surface area contributed by atoms with Gasteiger partial charge in [0.1, 0.15) is 10.7 Å². The maximum Gasteiger partial charge on any atom is 0.241 e. The second-order valence-corrected chi connectivity index (χ2v) is 10.5. The lowest BCUT2D eigenvalue weighted by Gasteiger charge is -2.35. The fourth-order valence-corrected chi connectivity index (χ4v) is 5.94. The van der Waals surface area contributed by atoms with Crippen molar-refractivity contribution >= 4 is 19.9 Å². The van der Waals surface area contributed by atoms with Crippen LogP contribution in [-0.4, -0.2) is 60.8 Å². The summed E-state index contributed by atoms with van der Waals surface area (Å²) in [6.07, 6.45) is 0.969. The van der Waals surface area contributed by atoms with E-state index in [9.17, 15) is 21.2 Å². The van der Waals surface area contributed by atoms with Crippen LogP contribution in [0.5, 0.6) is 0 Å². The summed E-state index contributed by atoms with van der Waals surface area (Å²) >= 11 is 0. The topological polar surface area (TPSA) is 92.8 Å². The third-order valence-electron chi connectivity index (χ3n) is 4.75. The van der Waals surface area contributed by atoms with E-state index in [0.717, 1.165) is 11.8 Å². The first-order chi connectivity index (χ1) is 13.7. The third kappa shape index (κ3) is 5.40. The van der Waals surface area contributed by atoms with Crippen molar-refractivity contribution in [3.05, 3.63) is 59.9 Å². The van der Waals surface area contributed by atoms with Gasteiger partial charge in [0.25, 0.3) is 0 Å². The summed E-state index contributed by atoms with van der Waals surface area (Å²) in [4.78, 5) is 1.52. The van der Waals surface area contributed by atoms with Crippen LogP contribution >= 0.6 is 0 Å². The zero-order valence-electron chi connectivity index (χ0n) is 15.9. The molecule has 3 rings (SSSR count). The van der Waals surface area contributed by atoms with Crippen molar-refractivity contribution in [1.82, 2.24) is 9.62 Å². The lowest BCUT2D eigenvalue weighted by molar-refractivity contribution is 0.0172. The van der Waals surface area contributed by atoms with E-state index in [4.69, 9.17) is 4.74 Å². The summed E-state index contributed by atoms with van der Waals surface area (Å²) in [6.45, 7) is 2.24. The molecule has 1 aliphatic heterocycles. The predicted octanol–water partition coefficient (Wildman–Crippen LogP) is 1.58. The number of sulfonamides is 1. The molecule has 1 fully saturated rings. The van der Waals surface area contributed by atoms with Gasteiger partial charge >= 0.3 is 0 Å². The first-order valence-electron chi connectivity index (χ1n) is 9.04. The average Bonchev–Trinajstić information content (AvgIpc) is 2.69. The van der Waals surface area contributed by atoms with Crippen molar-refractivity contribution in [3.8, 4) is 0 Å². The van der Waals surface area contributed by atoms with Gasteiger partial charge in [-0.3, -0.25) is 4.90 Å². The molecule has 29 heavy (non-hydrogen) atoms. The largest absolute Gasteiger partial charge is 0.379 e. The number of nitrogens with one attached hydrogen (secondary N) is 1. The summed E-state index contributed by atoms with van der Waals surface area (Å²) in [5, 5.41) is 0. The van der Waals surface area contributed by atoms with Crippen LogP contribution in [0.25, 0.3) is 0 Å². The van der Waals surface area contributed by atoms with Gasteiger partial charge in [-0.1, -0.05) is 24.3 Å². The third-order valence-corrected chi connectivity index (χ3v) is 7.51. The van der Waals surface area contributed by atoms with Gasteiger partial charge in [0, 0.05) is 31.9 Å². The molecule has 0 radical (unpaired) electrons. The molecule has 2 aromatic carbocycles. The molecule has 1 atom stereocenters. The highest BCUT2D eigenvalue weighted by atomic mass is 32.2. The monoisotopic (exact) mass is 442 g/mol. The van der Waals surface area contributed by atoms with Gasteiger partial charge in [0.05, 0.1) is 18.1 Å². The fraction of sp³-hybridized carbons (Fsp3) is 0.368. The van der Waals surface area contributed by atoms with Gasteiger partial charge in [-0.25, -0.2) is 25.9 Å². The number of hydrogen-bond donors (Lipinski definition) is 1. The van der Waals surface area contributed by atoms with E-state index in [-0.39, 0.29) is 28.2 Å². The zero-order valence-corrected chi connectivity index (χ0v) is 17.5. The van der Waals surface area contributed by atoms with Gasteiger partial charge < -0.3 is 4.74 Å². The van der Waals surface area contributed by atoms with E-state index in [1.54, 1.807) is 12.1 Å². The Bertz CT molecular complexity index is 1050. The number of sulfone groups is 1. The molecule has 1 N–H and O–H groups in total. The fourth-order valence-electron chi connectivity index (χ4n) is 3.28. The van der Waals surface area contributed by atoms with Crippen molar-refractivity contribution in [1.29, 1.82) is 0 Å². The SMILES string of the molecule is CS(=O)(=O)c1ccccc1S(=O)(=O)NCC(c1ccc(F)cc1)N1CCOCC1. The molecule has 10 heteroatoms. The maximum absolute atomic E-state index is 13.3. The smallest absolute Gasteiger partial charge is 0.241 e. The summed E-state index contributed by atoms with van der Waals surface area (Å²) in [5.74, 6) is -0.378. The molecule has 0 saturated carbocycles. The van der Waals surface area contributed by atoms with E-state index in [0.29, 0.717) is 26.3 Å². The molecule has 1 aliphatic rings. The summed E-state index contributed by atoms with van der Waals surface area (Å²) < 4.78 is 71.0. The minimum Gasteiger partial charge on any atom is -0.379 e. The van der Waals surface area contributed by atoms with Crippen LogP contribution in [-0.2, 0) is 24.6 Å². The molecule has 0 bridgehead atoms. The Balaban J connectivity index is 1.88. The second-order valence-electron chi connectivity index (χ2n) is 6.79. The number of halogens is 1. The number of ether oxygens (including phenoxy) is 1. The Morgan fingerprint density at radius 2 is 1.59 bits per heavy atom. The minimum absolute atomic E-state index is 0.00601. The number of rotatable bonds is 7. The molecule has 0 aromatic heterocycles. The van der Waals surface area contributed by atoms with Crippen molar-refractivity contribution < 1.29 is 26.0 Å². The van der Waals surface area contributed by atoms with Crippen LogP contribution in [0.15, 0.2) is 58.3 Å². The standard InChI is InChI=1S/C19H23FN2O5S2/c1-28(23,24)18-4-2-3-5-19(18)29(25,26)21-14-17(22-10-12-27-13-11-22)15-6-8-16(20)9-7-15/h2-9,17,21H,10-14H2,1H3. The highest BCUT2D eigenvalue weighted by Crippen LogP contribution is 2.24. The van der Waals surface area contributed by atoms with Gasteiger partial charge in [-0.05, 0) is 29.8 Å². The average molecular weight is 443 g/mol. The van der Waals surface area contributed by atoms with Crippen LogP contribution in [0.2, 0.25) is 0 Å². The van der Waals surface area contributed by atoms with E-state index >= 15 is 0 Å². The highest BCUT2D eigenvalue weighted by molar-refractivity contribution is 7.93. The molecule has 1 saturated heterocycles. The molecule has 7 nitrogen and oxygen atoms in total. The Hall–Kier alpha value is -1.85. The highest BCUT2D eigenvalue weighted by Gasteiger charge is 2.27. The lowest BCUT2D eigenvalue weighted by atomic mass is 10.0. The van der Waals surface area contributed by atoms with Crippen LogP contribution in [0.1, 0.15) is 11.6 Å². The Morgan fingerprint density at radius 1 is 1.00 bits per heavy atom. The van der Waals surface area contributed by atoms with Crippen LogP contribution < -0.4 is 4.72 Å². The van der Waals surface area contributed by atoms with Crippen molar-refractivity contribution in [2.24, 2.45) is 0 Å². The molecule has 1 heterocycles. The van der Waals surface area contributed by atoms with Crippen LogP contribution in [0, 0.1) is 5.82 Å². The van der Waals surface area contributed by atoms with Gasteiger partial charge in [-0.2, -0.15) is 0 Å². The summed E-state index contributed by atoms with van der Waals surface area (Å²) in [6, 6.07) is 11.0. The van der Waals surface area contributed by atoms with Crippen LogP contribution in [0.4, 0.5) is 4.39 Å². The lowest BCUT2D eigenvalue weighted by Crippen LogP contribution is -2.43. The van der Waals surface area contributed by atoms with E-state index in [1.165, 1.54) is 36.4 Å². The van der Waals surface area contributed by atoms with E-state index < -0.39 is 19.9 Å². The van der Waals surface area contributed by atoms with Crippen molar-refractivity contribution in [3.63, 3.8) is 0 Å². The first kappa shape index (κ1) is 21.8. The first-order valence-corrected chi connectivity index (χ1v) is 12.4. The van der Waals surface area contributed by atoms with Crippen molar-refractivity contribution in [2.75, 3.05) is 39.1 Å². The van der Waals surface area contributed by atoms with E-state index in [2.05, 4.69) is 9.62 Å². The van der Waals surface area contributed by atoms with Crippen molar-refractivity contribution in [2.45, 2.75) is 15.8 Å². The summed E-state index contributed by atoms with van der Waals surface area (Å²) in [5.41, 5.74) is 0.757. The summed E-state index contributed by atoms with van der Waals surface area (Å²) in [7, 11) is -7.81. The van der Waals surface area contributed by atoms with Gasteiger partial charge in [0.15, 0.2) is 9.84 Å². The number of morpholine rings is 1. The Labute approximate surface area is 170 Å². The number of nitrogens with zero attached hydrogens (tertiary/aromatic N) is 1. The van der Waals surface area contributed by atoms with Gasteiger partial charge in [-0.15, -0.1) is 0 Å². The number of hydrogen-bond acceptors (Lipinski definition) is 6. The quantitative estimate of drug-likeness (QED) is 0.700. The Morgan fingerprint density at radius 3 is 2.17 bits per heavy atom. The predicted molar refractivity (Wildman–Crippen MR) is 106 cm³/mol. The zero-order chi connectivity index (χ0) is 21.1. The van der Waals surface area contributed by atoms with Gasteiger partial charge in [0.2, 0.25) is 10.0 Å². The molecular weight excluding hydrogens is 419 g/mol. The number of benzene rings is 2. The van der Waals surface area contributed by atoms with Crippen LogP contribution in [0.3, 0.4) is 0 Å². The molecule has 1 unspecified atom stereocenters. The molecule has 158 valence electrons. The maximum atomic E-state index is 13.3. The van der Waals surface area contributed by atoms with E-state index in [1.807, 2.05) is 0 Å².